The minimum atomic E-state index is -0.982. The number of rotatable bonds is 12. The fourth-order valence-corrected chi connectivity index (χ4v) is 6.74. The van der Waals surface area contributed by atoms with Gasteiger partial charge in [-0.05, 0) is 110 Å². The monoisotopic (exact) mass is 627 g/mol. The van der Waals surface area contributed by atoms with Crippen LogP contribution < -0.4 is 9.47 Å². The second kappa shape index (κ2) is 13.7. The van der Waals surface area contributed by atoms with Gasteiger partial charge in [0, 0.05) is 30.4 Å². The van der Waals surface area contributed by atoms with Gasteiger partial charge in [0.1, 0.15) is 22.4 Å². The van der Waals surface area contributed by atoms with Crippen molar-refractivity contribution in [2.24, 2.45) is 0 Å². The molecule has 1 aromatic heterocycles. The minimum absolute atomic E-state index is 0.132. The van der Waals surface area contributed by atoms with Crippen molar-refractivity contribution in [3.8, 4) is 22.6 Å². The molecule has 6 rings (SSSR count). The third-order valence-electron chi connectivity index (χ3n) is 7.82. The summed E-state index contributed by atoms with van der Waals surface area (Å²) in [6.07, 6.45) is 6.87. The lowest BCUT2D eigenvalue weighted by molar-refractivity contribution is -0.122. The van der Waals surface area contributed by atoms with Crippen LogP contribution in [0.4, 0.5) is 0 Å². The van der Waals surface area contributed by atoms with Crippen LogP contribution in [0.5, 0.6) is 11.5 Å². The summed E-state index contributed by atoms with van der Waals surface area (Å²) < 4.78 is 12.5. The summed E-state index contributed by atoms with van der Waals surface area (Å²) in [6.45, 7) is 4.47. The van der Waals surface area contributed by atoms with Crippen molar-refractivity contribution in [3.05, 3.63) is 89.0 Å². The highest BCUT2D eigenvalue weighted by Gasteiger charge is 2.32. The number of carboxylic acid groups (broad SMARTS) is 1. The molecule has 226 valence electrons. The summed E-state index contributed by atoms with van der Waals surface area (Å²) in [5.41, 5.74) is 4.25. The van der Waals surface area contributed by atoms with E-state index in [4.69, 9.17) is 26.8 Å². The molecule has 4 aromatic rings. The van der Waals surface area contributed by atoms with Crippen molar-refractivity contribution in [2.45, 2.75) is 19.3 Å². The molecule has 1 amide bonds. The fourth-order valence-electron chi connectivity index (χ4n) is 5.44. The zero-order valence-corrected chi connectivity index (χ0v) is 25.8. The lowest BCUT2D eigenvalue weighted by Gasteiger charge is -2.17. The van der Waals surface area contributed by atoms with Crippen LogP contribution in [-0.4, -0.2) is 75.5 Å². The Balaban J connectivity index is 1.16. The highest BCUT2D eigenvalue weighted by atomic mass is 32.2. The van der Waals surface area contributed by atoms with Crippen molar-refractivity contribution in [2.75, 3.05) is 39.4 Å². The zero-order chi connectivity index (χ0) is 30.5. The number of benzene rings is 3. The van der Waals surface area contributed by atoms with Gasteiger partial charge < -0.3 is 19.6 Å². The molecular formula is C34H33N3O5S2. The van der Waals surface area contributed by atoms with Gasteiger partial charge in [0.25, 0.3) is 5.91 Å². The molecule has 3 heterocycles. The fraction of sp³-hybridized carbons (Fsp3) is 0.265. The summed E-state index contributed by atoms with van der Waals surface area (Å²) in [4.78, 5) is 32.3. The molecule has 0 atom stereocenters. The predicted molar refractivity (Wildman–Crippen MR) is 178 cm³/mol. The molecule has 3 aromatic carbocycles. The molecule has 2 fully saturated rings. The van der Waals surface area contributed by atoms with Gasteiger partial charge in [0.05, 0.1) is 17.1 Å². The standard InChI is InChI=1S/C34H33N3O5S2/c38-32-31(44-34(43)37(32)16-3-18-41-28-8-4-23(5-9-28)33(39)40)22-27-21-25(24-6-10-29-26(20-24)12-13-35-29)7-11-30(27)42-19-17-36-14-1-2-15-36/h4-13,20-22,35H,1-3,14-19H2,(H,39,40)/b31-22-. The Hall–Kier alpha value is -4.12. The molecule has 2 saturated heterocycles. The number of amides is 1. The Bertz CT molecular complexity index is 1710. The third kappa shape index (κ3) is 6.99. The normalized spacial score (nSPS) is 16.4. The van der Waals surface area contributed by atoms with Gasteiger partial charge in [-0.25, -0.2) is 4.79 Å². The zero-order valence-electron chi connectivity index (χ0n) is 24.2. The van der Waals surface area contributed by atoms with Gasteiger partial charge in [-0.15, -0.1) is 0 Å². The minimum Gasteiger partial charge on any atom is -0.494 e. The van der Waals surface area contributed by atoms with Crippen LogP contribution in [0.1, 0.15) is 35.2 Å². The van der Waals surface area contributed by atoms with E-state index in [2.05, 4.69) is 46.3 Å². The number of hydrogen-bond acceptors (Lipinski definition) is 7. The number of nitrogens with one attached hydrogen (secondary N) is 1. The van der Waals surface area contributed by atoms with Gasteiger partial charge >= 0.3 is 5.97 Å². The number of likely N-dealkylation sites (tertiary alicyclic amines) is 1. The molecule has 0 aliphatic carbocycles. The first-order valence-electron chi connectivity index (χ1n) is 14.7. The van der Waals surface area contributed by atoms with E-state index in [1.54, 1.807) is 17.0 Å². The molecule has 2 aliphatic rings. The molecule has 8 nitrogen and oxygen atoms in total. The van der Waals surface area contributed by atoms with Crippen LogP contribution in [0.15, 0.2) is 77.8 Å². The number of carbonyl (C=O) groups is 2. The van der Waals surface area contributed by atoms with E-state index in [-0.39, 0.29) is 11.5 Å². The van der Waals surface area contributed by atoms with E-state index in [0.29, 0.717) is 41.2 Å². The summed E-state index contributed by atoms with van der Waals surface area (Å²) in [5.74, 6) is 0.203. The number of thiocarbonyl (C=S) groups is 1. The molecule has 10 heteroatoms. The van der Waals surface area contributed by atoms with E-state index in [9.17, 15) is 9.59 Å². The number of aromatic carboxylic acids is 1. The maximum absolute atomic E-state index is 13.5. The number of carbonyl (C=O) groups excluding carboxylic acids is 1. The first kappa shape index (κ1) is 29.9. The van der Waals surface area contributed by atoms with Crippen LogP contribution in [0.25, 0.3) is 28.1 Å². The average Bonchev–Trinajstić information content (AvgIpc) is 3.78. The smallest absolute Gasteiger partial charge is 0.335 e. The Kier molecular flexibility index (Phi) is 9.30. The molecule has 44 heavy (non-hydrogen) atoms. The largest absolute Gasteiger partial charge is 0.494 e. The molecule has 0 spiro atoms. The molecular weight excluding hydrogens is 595 g/mol. The maximum Gasteiger partial charge on any atom is 0.335 e. The van der Waals surface area contributed by atoms with E-state index in [0.717, 1.165) is 53.0 Å². The Morgan fingerprint density at radius 3 is 2.52 bits per heavy atom. The molecule has 0 saturated carbocycles. The highest BCUT2D eigenvalue weighted by molar-refractivity contribution is 8.26. The number of thioether (sulfide) groups is 1. The third-order valence-corrected chi connectivity index (χ3v) is 9.19. The van der Waals surface area contributed by atoms with Gasteiger partial charge in [-0.1, -0.05) is 36.1 Å². The van der Waals surface area contributed by atoms with Crippen molar-refractivity contribution >= 4 is 57.2 Å². The quantitative estimate of drug-likeness (QED) is 0.102. The number of ether oxygens (including phenoxy) is 2. The highest BCUT2D eigenvalue weighted by Crippen LogP contribution is 2.36. The van der Waals surface area contributed by atoms with Gasteiger partial charge in [-0.2, -0.15) is 0 Å². The van der Waals surface area contributed by atoms with Crippen molar-refractivity contribution in [3.63, 3.8) is 0 Å². The van der Waals surface area contributed by atoms with Crippen LogP contribution in [0.3, 0.4) is 0 Å². The van der Waals surface area contributed by atoms with Crippen LogP contribution in [0.2, 0.25) is 0 Å². The van der Waals surface area contributed by atoms with E-state index >= 15 is 0 Å². The van der Waals surface area contributed by atoms with Gasteiger partial charge in [0.15, 0.2) is 0 Å². The predicted octanol–water partition coefficient (Wildman–Crippen LogP) is 6.68. The van der Waals surface area contributed by atoms with Crippen molar-refractivity contribution in [1.29, 1.82) is 0 Å². The summed E-state index contributed by atoms with van der Waals surface area (Å²) >= 11 is 6.88. The molecule has 0 bridgehead atoms. The Morgan fingerprint density at radius 1 is 0.955 bits per heavy atom. The number of fused-ring (bicyclic) bond motifs is 1. The Labute approximate surface area is 265 Å². The lowest BCUT2D eigenvalue weighted by atomic mass is 10.0. The lowest BCUT2D eigenvalue weighted by Crippen LogP contribution is -2.29. The number of carboxylic acids is 1. The Morgan fingerprint density at radius 2 is 1.73 bits per heavy atom. The number of H-pyrrole nitrogens is 1. The van der Waals surface area contributed by atoms with E-state index in [1.807, 2.05) is 18.3 Å². The molecule has 2 N–H and O–H groups in total. The van der Waals surface area contributed by atoms with E-state index < -0.39 is 5.97 Å². The average molecular weight is 628 g/mol. The second-order valence-corrected chi connectivity index (χ2v) is 12.5. The number of nitrogens with zero attached hydrogens (tertiary/aromatic N) is 2. The number of hydrogen-bond donors (Lipinski definition) is 2. The molecule has 0 radical (unpaired) electrons. The second-order valence-electron chi connectivity index (χ2n) is 10.8. The molecule has 0 unspecified atom stereocenters. The topological polar surface area (TPSA) is 95.1 Å². The summed E-state index contributed by atoms with van der Waals surface area (Å²) in [5, 5.41) is 10.2. The maximum atomic E-state index is 13.5. The van der Waals surface area contributed by atoms with E-state index in [1.165, 1.54) is 36.7 Å². The van der Waals surface area contributed by atoms with Gasteiger partial charge in [0.2, 0.25) is 0 Å². The summed E-state index contributed by atoms with van der Waals surface area (Å²) in [6, 6.07) is 20.8. The first-order chi connectivity index (χ1) is 21.4. The first-order valence-corrected chi connectivity index (χ1v) is 16.0. The number of aromatic nitrogens is 1. The van der Waals surface area contributed by atoms with Crippen LogP contribution >= 0.6 is 24.0 Å². The van der Waals surface area contributed by atoms with Crippen molar-refractivity contribution in [1.82, 2.24) is 14.8 Å². The van der Waals surface area contributed by atoms with Crippen molar-refractivity contribution < 1.29 is 24.2 Å². The summed E-state index contributed by atoms with van der Waals surface area (Å²) in [7, 11) is 0. The number of aromatic amines is 1. The van der Waals surface area contributed by atoms with Gasteiger partial charge in [-0.3, -0.25) is 14.6 Å². The molecule has 2 aliphatic heterocycles. The van der Waals surface area contributed by atoms with Crippen LogP contribution in [-0.2, 0) is 4.79 Å². The SMILES string of the molecule is O=C(O)c1ccc(OCCCN2C(=O)/C(=C/c3cc(-c4ccc5[nH]ccc5c4)ccc3OCCN3CCCC3)SC2=S)cc1. The van der Waals surface area contributed by atoms with Crippen LogP contribution in [0, 0.1) is 0 Å².